The molecule has 0 aromatic carbocycles. The average Bonchev–Trinajstić information content (AvgIpc) is 2.57. The van der Waals surface area contributed by atoms with Crippen LogP contribution >= 0.6 is 0 Å². The second kappa shape index (κ2) is 7.62. The summed E-state index contributed by atoms with van der Waals surface area (Å²) < 4.78 is 1.66. The summed E-state index contributed by atoms with van der Waals surface area (Å²) >= 11 is 2.38. The molecule has 127 valence electrons. The Labute approximate surface area is 165 Å². The average molecular weight is 412 g/mol. The van der Waals surface area contributed by atoms with Gasteiger partial charge in [-0.3, -0.25) is 0 Å². The van der Waals surface area contributed by atoms with Gasteiger partial charge in [-0.25, -0.2) is 0 Å². The van der Waals surface area contributed by atoms with E-state index in [4.69, 9.17) is 0 Å². The van der Waals surface area contributed by atoms with E-state index in [-0.39, 0.29) is 24.8 Å². The summed E-state index contributed by atoms with van der Waals surface area (Å²) in [5, 5.41) is 4.46. The molecule has 0 radical (unpaired) electrons. The minimum absolute atomic E-state index is 0. The Morgan fingerprint density at radius 1 is 0.818 bits per heavy atom. The van der Waals surface area contributed by atoms with Crippen molar-refractivity contribution >= 4 is 16.1 Å². The number of halogens is 2. The number of allylic oxidation sites excluding steroid dienone is 4. The number of rotatable bonds is 2. The molecule has 0 heterocycles. The van der Waals surface area contributed by atoms with Crippen LogP contribution in [0, 0.1) is 0 Å². The van der Waals surface area contributed by atoms with Gasteiger partial charge in [0.15, 0.2) is 0 Å². The Morgan fingerprint density at radius 3 is 1.50 bits per heavy atom. The monoisotopic (exact) mass is 411 g/mol. The zero-order chi connectivity index (χ0) is 16.1. The van der Waals surface area contributed by atoms with Crippen LogP contribution in [0.15, 0.2) is 20.3 Å². The van der Waals surface area contributed by atoms with E-state index in [1.54, 1.807) is 9.07 Å². The van der Waals surface area contributed by atoms with Crippen molar-refractivity contribution in [3.8, 4) is 0 Å². The first-order chi connectivity index (χ1) is 8.64. The molecule has 0 aliphatic heterocycles. The summed E-state index contributed by atoms with van der Waals surface area (Å²) in [6.07, 6.45) is 3.78. The van der Waals surface area contributed by atoms with Crippen molar-refractivity contribution in [3.63, 3.8) is 0 Å². The van der Waals surface area contributed by atoms with Gasteiger partial charge in [-0.1, -0.05) is 0 Å². The van der Waals surface area contributed by atoms with E-state index in [0.717, 1.165) is 0 Å². The fourth-order valence-electron chi connectivity index (χ4n) is 2.63. The molecule has 0 nitrogen and oxygen atoms in total. The maximum Gasteiger partial charge on any atom is -1.00 e. The molecular formula is C17H33Cl2Si2Ti. The van der Waals surface area contributed by atoms with Crippen molar-refractivity contribution in [2.75, 3.05) is 0 Å². The van der Waals surface area contributed by atoms with Crippen LogP contribution in [0.4, 0.5) is 0 Å². The molecule has 0 N–H and O–H groups in total. The van der Waals surface area contributed by atoms with Crippen molar-refractivity contribution in [3.05, 3.63) is 20.3 Å². The van der Waals surface area contributed by atoms with Gasteiger partial charge in [0.25, 0.3) is 0 Å². The van der Waals surface area contributed by atoms with Gasteiger partial charge in [0.1, 0.15) is 0 Å². The standard InChI is InChI=1S/C17H33Si2.2ClH.Ti/c1-16(2,3)18(7,8)14-12-11-13-15(14)19(9,10)17(4,5)6;;;/h12H,11H2,1-10H3;2*1H;/q;;;+2/p-2. The summed E-state index contributed by atoms with van der Waals surface area (Å²) in [7, 11) is -2.87. The summed E-state index contributed by atoms with van der Waals surface area (Å²) in [6.45, 7) is 25.0. The third kappa shape index (κ3) is 4.43. The molecular weight excluding hydrogens is 379 g/mol. The molecule has 0 aromatic heterocycles. The van der Waals surface area contributed by atoms with Gasteiger partial charge >= 0.3 is 141 Å². The molecule has 1 rings (SSSR count). The van der Waals surface area contributed by atoms with Gasteiger partial charge in [0.05, 0.1) is 0 Å². The molecule has 5 heteroatoms. The van der Waals surface area contributed by atoms with Crippen LogP contribution in [-0.4, -0.2) is 16.1 Å². The Hall–Kier alpha value is 1.21. The molecule has 0 unspecified atom stereocenters. The molecule has 0 aromatic rings. The van der Waals surface area contributed by atoms with E-state index in [2.05, 4.69) is 94.2 Å². The minimum Gasteiger partial charge on any atom is -1.00 e. The minimum atomic E-state index is -1.44. The molecule has 1 aliphatic carbocycles. The van der Waals surface area contributed by atoms with Gasteiger partial charge < -0.3 is 24.8 Å². The third-order valence-corrected chi connectivity index (χ3v) is 18.6. The van der Waals surface area contributed by atoms with Gasteiger partial charge in [0, 0.05) is 0 Å². The van der Waals surface area contributed by atoms with Crippen molar-refractivity contribution in [1.29, 1.82) is 0 Å². The molecule has 0 bridgehead atoms. The first kappa shape index (κ1) is 25.4. The quantitative estimate of drug-likeness (QED) is 0.570. The van der Waals surface area contributed by atoms with E-state index in [9.17, 15) is 0 Å². The predicted octanol–water partition coefficient (Wildman–Crippen LogP) is 0.221. The van der Waals surface area contributed by atoms with Crippen molar-refractivity contribution in [1.82, 2.24) is 0 Å². The first-order valence-electron chi connectivity index (χ1n) is 7.80. The van der Waals surface area contributed by atoms with Crippen LogP contribution in [0.25, 0.3) is 0 Å². The Kier molecular flexibility index (Phi) is 8.81. The second-order valence-electron chi connectivity index (χ2n) is 9.43. The fourth-order valence-corrected chi connectivity index (χ4v) is 11.1. The second-order valence-corrected chi connectivity index (χ2v) is 20.9. The summed E-state index contributed by atoms with van der Waals surface area (Å²) in [4.78, 5) is 0. The maximum absolute atomic E-state index is 2.59. The topological polar surface area (TPSA) is 0 Å². The number of hydrogen-bond acceptors (Lipinski definition) is 0. The van der Waals surface area contributed by atoms with Crippen LogP contribution < -0.4 is 24.8 Å². The van der Waals surface area contributed by atoms with Gasteiger partial charge in [-0.15, -0.1) is 0 Å². The summed E-state index contributed by atoms with van der Waals surface area (Å²) in [5.74, 6) is 0. The summed E-state index contributed by atoms with van der Waals surface area (Å²) in [6, 6.07) is 0. The maximum atomic E-state index is 2.59. The molecule has 0 saturated carbocycles. The Balaban J connectivity index is 0. The predicted molar refractivity (Wildman–Crippen MR) is 94.1 cm³/mol. The van der Waals surface area contributed by atoms with Crippen LogP contribution in [0.3, 0.4) is 0 Å². The molecule has 1 aliphatic rings. The SMILES string of the molecule is CC(C)(C)[Si](C)(C)C1=CC[C]([Ti+2])=C1[Si](C)(C)C(C)(C)C.[Cl-].[Cl-]. The Bertz CT molecular complexity index is 464. The summed E-state index contributed by atoms with van der Waals surface area (Å²) in [5.41, 5.74) is 0. The van der Waals surface area contributed by atoms with Crippen LogP contribution in [0.5, 0.6) is 0 Å². The fraction of sp³-hybridized carbons (Fsp3) is 0.765. The van der Waals surface area contributed by atoms with Gasteiger partial charge in [-0.05, 0) is 0 Å². The van der Waals surface area contributed by atoms with Crippen molar-refractivity contribution < 1.29 is 45.2 Å². The number of hydrogen-bond donors (Lipinski definition) is 0. The normalized spacial score (nSPS) is 17.0. The largest absolute Gasteiger partial charge is 1.00 e. The van der Waals surface area contributed by atoms with Crippen molar-refractivity contribution in [2.24, 2.45) is 0 Å². The molecule has 0 amide bonds. The third-order valence-electron chi connectivity index (χ3n) is 6.13. The van der Waals surface area contributed by atoms with E-state index < -0.39 is 16.1 Å². The van der Waals surface area contributed by atoms with E-state index >= 15 is 0 Å². The van der Waals surface area contributed by atoms with Crippen LogP contribution in [-0.2, 0) is 20.4 Å². The molecule has 0 spiro atoms. The zero-order valence-corrected chi connectivity index (χ0v) is 21.1. The van der Waals surface area contributed by atoms with E-state index in [1.807, 2.05) is 5.20 Å². The molecule has 0 saturated heterocycles. The van der Waals surface area contributed by atoms with Crippen LogP contribution in [0.1, 0.15) is 48.0 Å². The van der Waals surface area contributed by atoms with Crippen LogP contribution in [0.2, 0.25) is 36.3 Å². The zero-order valence-electron chi connectivity index (χ0n) is 16.0. The molecule has 22 heavy (non-hydrogen) atoms. The smallest absolute Gasteiger partial charge is 1.00 e. The van der Waals surface area contributed by atoms with Gasteiger partial charge in [0.2, 0.25) is 0 Å². The Morgan fingerprint density at radius 2 is 1.18 bits per heavy atom. The first-order valence-corrected chi connectivity index (χ1v) is 14.6. The molecule has 0 fully saturated rings. The van der Waals surface area contributed by atoms with Gasteiger partial charge in [-0.2, -0.15) is 0 Å². The molecule has 0 atom stereocenters. The van der Waals surface area contributed by atoms with Crippen molar-refractivity contribution in [2.45, 2.75) is 84.2 Å². The van der Waals surface area contributed by atoms with E-state index in [1.165, 1.54) is 6.42 Å². The van der Waals surface area contributed by atoms with E-state index in [0.29, 0.717) is 10.1 Å².